The Kier molecular flexibility index (Phi) is 7.09. The maximum atomic E-state index is 13.3. The number of anilines is 1. The summed E-state index contributed by atoms with van der Waals surface area (Å²) in [4.78, 5) is 24.3. The number of aromatic nitrogens is 2. The lowest BCUT2D eigenvalue weighted by Gasteiger charge is -2.19. The van der Waals surface area contributed by atoms with Crippen LogP contribution in [0.2, 0.25) is 0 Å². The molecule has 0 radical (unpaired) electrons. The van der Waals surface area contributed by atoms with Crippen LogP contribution in [0.1, 0.15) is 35.2 Å². The van der Waals surface area contributed by atoms with E-state index in [4.69, 9.17) is 4.98 Å². The van der Waals surface area contributed by atoms with Gasteiger partial charge in [-0.1, -0.05) is 41.2 Å². The number of nitrogens with zero attached hydrogens (tertiary/aromatic N) is 3. The fourth-order valence-corrected chi connectivity index (χ4v) is 6.15. The van der Waals surface area contributed by atoms with E-state index < -0.39 is 9.84 Å². The first kappa shape index (κ1) is 24.0. The highest BCUT2D eigenvalue weighted by Crippen LogP contribution is 2.33. The van der Waals surface area contributed by atoms with Crippen molar-refractivity contribution in [3.63, 3.8) is 0 Å². The molecular formula is C26H27N3O3S2. The molecule has 0 fully saturated rings. The lowest BCUT2D eigenvalue weighted by molar-refractivity contribution is -0.118. The average molecular weight is 494 g/mol. The monoisotopic (exact) mass is 493 g/mol. The Morgan fingerprint density at radius 3 is 2.47 bits per heavy atom. The number of rotatable bonds is 8. The second-order valence-electron chi connectivity index (χ2n) is 8.46. The van der Waals surface area contributed by atoms with Crippen molar-refractivity contribution in [2.24, 2.45) is 0 Å². The van der Waals surface area contributed by atoms with E-state index in [1.807, 2.05) is 45.0 Å². The Labute approximate surface area is 204 Å². The van der Waals surface area contributed by atoms with Crippen LogP contribution >= 0.6 is 11.3 Å². The van der Waals surface area contributed by atoms with Gasteiger partial charge in [-0.3, -0.25) is 14.7 Å². The Balaban J connectivity index is 1.55. The van der Waals surface area contributed by atoms with Gasteiger partial charge in [-0.2, -0.15) is 0 Å². The molecule has 0 aliphatic carbocycles. The van der Waals surface area contributed by atoms with Crippen molar-refractivity contribution in [1.29, 1.82) is 0 Å². The molecule has 176 valence electrons. The van der Waals surface area contributed by atoms with Gasteiger partial charge in [0.05, 0.1) is 33.1 Å². The number of hydrogen-bond donors (Lipinski definition) is 0. The van der Waals surface area contributed by atoms with E-state index in [1.54, 1.807) is 35.4 Å². The van der Waals surface area contributed by atoms with Gasteiger partial charge in [0.15, 0.2) is 15.0 Å². The molecule has 0 saturated heterocycles. The predicted octanol–water partition coefficient (Wildman–Crippen LogP) is 5.40. The molecule has 0 atom stereocenters. The van der Waals surface area contributed by atoms with Crippen molar-refractivity contribution in [1.82, 2.24) is 9.97 Å². The van der Waals surface area contributed by atoms with Crippen molar-refractivity contribution in [3.05, 3.63) is 83.2 Å². The van der Waals surface area contributed by atoms with Crippen LogP contribution in [0.3, 0.4) is 0 Å². The summed E-state index contributed by atoms with van der Waals surface area (Å²) in [6.07, 6.45) is 2.03. The zero-order valence-corrected chi connectivity index (χ0v) is 21.1. The van der Waals surface area contributed by atoms with Crippen LogP contribution in [-0.4, -0.2) is 30.0 Å². The average Bonchev–Trinajstić information content (AvgIpc) is 3.22. The zero-order valence-electron chi connectivity index (χ0n) is 19.5. The van der Waals surface area contributed by atoms with Crippen LogP contribution in [0.15, 0.2) is 65.7 Å². The number of sulfone groups is 1. The van der Waals surface area contributed by atoms with Crippen molar-refractivity contribution in [2.75, 3.05) is 10.7 Å². The van der Waals surface area contributed by atoms with Gasteiger partial charge < -0.3 is 0 Å². The number of aryl methyl sites for hydroxylation is 3. The van der Waals surface area contributed by atoms with Gasteiger partial charge in [-0.15, -0.1) is 0 Å². The second kappa shape index (κ2) is 10.0. The minimum absolute atomic E-state index is 0.0859. The summed E-state index contributed by atoms with van der Waals surface area (Å²) >= 11 is 1.47. The Bertz CT molecular complexity index is 1410. The highest BCUT2D eigenvalue weighted by atomic mass is 32.2. The van der Waals surface area contributed by atoms with E-state index in [0.717, 1.165) is 32.6 Å². The highest BCUT2D eigenvalue weighted by molar-refractivity contribution is 7.91. The molecule has 2 aromatic heterocycles. The molecule has 4 aromatic rings. The molecule has 0 spiro atoms. The number of thiazole rings is 1. The summed E-state index contributed by atoms with van der Waals surface area (Å²) in [5.41, 5.74) is 4.84. The van der Waals surface area contributed by atoms with E-state index in [9.17, 15) is 13.2 Å². The number of carbonyl (C=O) groups is 1. The van der Waals surface area contributed by atoms with Gasteiger partial charge in [-0.05, 0) is 68.7 Å². The third-order valence-corrected chi connectivity index (χ3v) is 8.62. The van der Waals surface area contributed by atoms with Gasteiger partial charge in [0, 0.05) is 12.6 Å². The first-order valence-electron chi connectivity index (χ1n) is 11.1. The summed E-state index contributed by atoms with van der Waals surface area (Å²) in [5.74, 6) is -0.254. The summed E-state index contributed by atoms with van der Waals surface area (Å²) in [6.45, 7) is 6.26. The highest BCUT2D eigenvalue weighted by Gasteiger charge is 2.22. The Hall–Kier alpha value is -3.10. The third-order valence-electron chi connectivity index (χ3n) is 5.57. The molecule has 0 aliphatic heterocycles. The Morgan fingerprint density at radius 1 is 1.00 bits per heavy atom. The molecule has 0 aliphatic rings. The van der Waals surface area contributed by atoms with Crippen molar-refractivity contribution < 1.29 is 13.2 Å². The number of carbonyl (C=O) groups excluding carboxylic acids is 1. The van der Waals surface area contributed by atoms with Crippen LogP contribution in [-0.2, 0) is 21.2 Å². The summed E-state index contributed by atoms with van der Waals surface area (Å²) < 4.78 is 26.4. The second-order valence-corrected chi connectivity index (χ2v) is 11.5. The first-order valence-corrected chi connectivity index (χ1v) is 13.6. The standard InChI is InChI=1S/C26H27N3O3S2/c1-18-9-11-22(12-10-18)34(31,32)14-6-8-24(30)29(17-21-7-4-5-13-27-21)26-28-23-16-19(2)15-20(3)25(23)33-26/h4-5,7,9-13,15-16H,6,8,14,17H2,1-3H3. The summed E-state index contributed by atoms with van der Waals surface area (Å²) in [6, 6.07) is 16.5. The number of benzene rings is 2. The maximum Gasteiger partial charge on any atom is 0.229 e. The molecule has 34 heavy (non-hydrogen) atoms. The third kappa shape index (κ3) is 5.51. The van der Waals surface area contributed by atoms with Crippen molar-refractivity contribution >= 4 is 42.4 Å². The smallest absolute Gasteiger partial charge is 0.229 e. The molecule has 6 nitrogen and oxygen atoms in total. The molecule has 0 bridgehead atoms. The molecule has 1 amide bonds. The van der Waals surface area contributed by atoms with E-state index >= 15 is 0 Å². The maximum absolute atomic E-state index is 13.3. The number of hydrogen-bond acceptors (Lipinski definition) is 6. The Morgan fingerprint density at radius 2 is 1.76 bits per heavy atom. The fourth-order valence-electron chi connectivity index (χ4n) is 3.81. The van der Waals surface area contributed by atoms with Crippen LogP contribution < -0.4 is 4.90 Å². The van der Waals surface area contributed by atoms with Crippen molar-refractivity contribution in [2.45, 2.75) is 45.1 Å². The minimum Gasteiger partial charge on any atom is -0.282 e. The van der Waals surface area contributed by atoms with E-state index in [1.165, 1.54) is 11.3 Å². The topological polar surface area (TPSA) is 80.2 Å². The predicted molar refractivity (Wildman–Crippen MR) is 137 cm³/mol. The zero-order chi connectivity index (χ0) is 24.3. The van der Waals surface area contributed by atoms with Gasteiger partial charge in [-0.25, -0.2) is 13.4 Å². The molecular weight excluding hydrogens is 466 g/mol. The van der Waals surface area contributed by atoms with E-state index in [2.05, 4.69) is 11.1 Å². The number of pyridine rings is 1. The molecule has 0 saturated carbocycles. The molecule has 2 heterocycles. The van der Waals surface area contributed by atoms with Crippen LogP contribution in [0.5, 0.6) is 0 Å². The van der Waals surface area contributed by atoms with E-state index in [-0.39, 0.29) is 35.9 Å². The lowest BCUT2D eigenvalue weighted by Crippen LogP contribution is -2.30. The van der Waals surface area contributed by atoms with Crippen molar-refractivity contribution in [3.8, 4) is 0 Å². The molecule has 8 heteroatoms. The summed E-state index contributed by atoms with van der Waals surface area (Å²) in [7, 11) is -3.45. The number of fused-ring (bicyclic) bond motifs is 1. The largest absolute Gasteiger partial charge is 0.282 e. The van der Waals surface area contributed by atoms with Crippen LogP contribution in [0.25, 0.3) is 10.2 Å². The number of amides is 1. The fraction of sp³-hybridized carbons (Fsp3) is 0.269. The lowest BCUT2D eigenvalue weighted by atomic mass is 10.1. The van der Waals surface area contributed by atoms with E-state index in [0.29, 0.717) is 5.13 Å². The minimum atomic E-state index is -3.45. The van der Waals surface area contributed by atoms with Gasteiger partial charge in [0.1, 0.15) is 0 Å². The van der Waals surface area contributed by atoms with Gasteiger partial charge in [0.25, 0.3) is 0 Å². The quantitative estimate of drug-likeness (QED) is 0.328. The molecule has 4 rings (SSSR count). The molecule has 0 N–H and O–H groups in total. The summed E-state index contributed by atoms with van der Waals surface area (Å²) in [5, 5.41) is 0.598. The van der Waals surface area contributed by atoms with Crippen LogP contribution in [0, 0.1) is 20.8 Å². The van der Waals surface area contributed by atoms with Gasteiger partial charge >= 0.3 is 0 Å². The molecule has 2 aromatic carbocycles. The first-order chi connectivity index (χ1) is 16.2. The van der Waals surface area contributed by atoms with Crippen LogP contribution in [0.4, 0.5) is 5.13 Å². The SMILES string of the molecule is Cc1ccc(S(=O)(=O)CCCC(=O)N(Cc2ccccn2)c2nc3cc(C)cc(C)c3s2)cc1. The van der Waals surface area contributed by atoms with Gasteiger partial charge in [0.2, 0.25) is 5.91 Å². The normalized spacial score (nSPS) is 11.6. The molecule has 0 unspecified atom stereocenters.